The highest BCUT2D eigenvalue weighted by molar-refractivity contribution is 5.77. The number of carbonyl (C=O) groups excluding carboxylic acids is 1. The molecule has 4 heterocycles. The van der Waals surface area contributed by atoms with Gasteiger partial charge in [-0.1, -0.05) is 5.16 Å². The normalized spacial score (nSPS) is 16.7. The van der Waals surface area contributed by atoms with Gasteiger partial charge in [0.25, 0.3) is 0 Å². The van der Waals surface area contributed by atoms with Crippen LogP contribution < -0.4 is 0 Å². The molecule has 0 radical (unpaired) electrons. The molecule has 8 heteroatoms. The lowest BCUT2D eigenvalue weighted by molar-refractivity contribution is -0.140. The number of nitrogens with zero attached hydrogens (tertiary/aromatic N) is 6. The van der Waals surface area contributed by atoms with Gasteiger partial charge in [0.15, 0.2) is 0 Å². The summed E-state index contributed by atoms with van der Waals surface area (Å²) in [4.78, 5) is 22.8. The van der Waals surface area contributed by atoms with Crippen molar-refractivity contribution in [3.05, 3.63) is 48.4 Å². The van der Waals surface area contributed by atoms with Crippen molar-refractivity contribution in [1.29, 1.82) is 0 Å². The lowest BCUT2D eigenvalue weighted by Crippen LogP contribution is -2.45. The van der Waals surface area contributed by atoms with Gasteiger partial charge in [-0.15, -0.1) is 0 Å². The third-order valence-corrected chi connectivity index (χ3v) is 4.45. The van der Waals surface area contributed by atoms with Gasteiger partial charge in [-0.2, -0.15) is 10.1 Å². The van der Waals surface area contributed by atoms with E-state index in [2.05, 4.69) is 20.2 Å². The second-order valence-corrected chi connectivity index (χ2v) is 6.04. The molecular weight excluding hydrogens is 320 g/mol. The third kappa shape index (κ3) is 3.02. The van der Waals surface area contributed by atoms with E-state index in [1.54, 1.807) is 23.5 Å². The van der Waals surface area contributed by atoms with E-state index < -0.39 is 0 Å². The summed E-state index contributed by atoms with van der Waals surface area (Å²) < 4.78 is 7.21. The number of likely N-dealkylation sites (tertiary alicyclic amines) is 1. The van der Waals surface area contributed by atoms with Crippen LogP contribution in [0.1, 0.15) is 30.5 Å². The second-order valence-electron chi connectivity index (χ2n) is 6.04. The first-order valence-electron chi connectivity index (χ1n) is 8.24. The molecule has 1 saturated heterocycles. The molecule has 128 valence electrons. The van der Waals surface area contributed by atoms with Crippen molar-refractivity contribution in [1.82, 2.24) is 29.8 Å². The third-order valence-electron chi connectivity index (χ3n) is 4.45. The molecule has 0 spiro atoms. The molecule has 1 aliphatic heterocycles. The molecule has 0 aliphatic carbocycles. The van der Waals surface area contributed by atoms with E-state index in [9.17, 15) is 4.79 Å². The molecule has 1 fully saturated rings. The summed E-state index contributed by atoms with van der Waals surface area (Å²) >= 11 is 0. The van der Waals surface area contributed by atoms with Crippen LogP contribution in [0.2, 0.25) is 0 Å². The minimum absolute atomic E-state index is 0.0762. The Labute approximate surface area is 144 Å². The molecule has 0 bridgehead atoms. The average Bonchev–Trinajstić information content (AvgIpc) is 3.22. The van der Waals surface area contributed by atoms with Gasteiger partial charge in [-0.05, 0) is 31.5 Å². The van der Waals surface area contributed by atoms with Crippen LogP contribution in [-0.2, 0) is 11.3 Å². The quantitative estimate of drug-likeness (QED) is 0.707. The number of rotatable bonds is 5. The Morgan fingerprint density at radius 3 is 2.96 bits per heavy atom. The molecule has 3 aromatic rings. The second kappa shape index (κ2) is 6.46. The van der Waals surface area contributed by atoms with Crippen molar-refractivity contribution >= 4 is 5.91 Å². The molecule has 1 atom stereocenters. The summed E-state index contributed by atoms with van der Waals surface area (Å²) in [5, 5.41) is 8.21. The predicted molar refractivity (Wildman–Crippen MR) is 88.2 cm³/mol. The van der Waals surface area contributed by atoms with Gasteiger partial charge < -0.3 is 9.42 Å². The van der Waals surface area contributed by atoms with Crippen LogP contribution in [0, 0.1) is 6.92 Å². The fraction of sp³-hybridized carbons (Fsp3) is 0.353. The zero-order valence-corrected chi connectivity index (χ0v) is 13.9. The van der Waals surface area contributed by atoms with Gasteiger partial charge in [0, 0.05) is 49.4 Å². The molecule has 0 saturated carbocycles. The molecule has 25 heavy (non-hydrogen) atoms. The largest absolute Gasteiger partial charge is 0.337 e. The SMILES string of the molecule is Cc1ccnn1CCC(=O)N1CC[C@H]1c1nc(-c2cccnc2)no1. The highest BCUT2D eigenvalue weighted by Crippen LogP contribution is 2.33. The Bertz CT molecular complexity index is 872. The standard InChI is InChI=1S/C17H18N6O2/c1-12-4-8-19-23(12)10-6-15(24)22-9-5-14(22)17-20-16(21-25-17)13-3-2-7-18-11-13/h2-4,7-8,11,14H,5-6,9-10H2,1H3/t14-/m0/s1. The molecule has 0 N–H and O–H groups in total. The van der Waals surface area contributed by atoms with Crippen LogP contribution in [0.4, 0.5) is 0 Å². The lowest BCUT2D eigenvalue weighted by Gasteiger charge is -2.38. The summed E-state index contributed by atoms with van der Waals surface area (Å²) in [6.45, 7) is 3.26. The fourth-order valence-electron chi connectivity index (χ4n) is 2.90. The van der Waals surface area contributed by atoms with Gasteiger partial charge in [0.05, 0.1) is 0 Å². The highest BCUT2D eigenvalue weighted by Gasteiger charge is 2.37. The van der Waals surface area contributed by atoms with E-state index in [0.717, 1.165) is 17.7 Å². The first-order valence-corrected chi connectivity index (χ1v) is 8.24. The van der Waals surface area contributed by atoms with Crippen molar-refractivity contribution in [3.8, 4) is 11.4 Å². The van der Waals surface area contributed by atoms with Gasteiger partial charge in [-0.25, -0.2) is 0 Å². The van der Waals surface area contributed by atoms with E-state index in [0.29, 0.717) is 31.2 Å². The number of hydrogen-bond acceptors (Lipinski definition) is 6. The number of pyridine rings is 1. The maximum atomic E-state index is 12.5. The molecule has 1 aliphatic rings. The average molecular weight is 338 g/mol. The van der Waals surface area contributed by atoms with Crippen LogP contribution in [-0.4, -0.2) is 42.3 Å². The van der Waals surface area contributed by atoms with Crippen molar-refractivity contribution < 1.29 is 9.32 Å². The van der Waals surface area contributed by atoms with Crippen molar-refractivity contribution in [2.75, 3.05) is 6.54 Å². The Hall–Kier alpha value is -3.03. The first kappa shape index (κ1) is 15.5. The summed E-state index contributed by atoms with van der Waals surface area (Å²) in [6, 6.07) is 5.48. The van der Waals surface area contributed by atoms with Gasteiger partial charge in [-0.3, -0.25) is 14.5 Å². The molecule has 4 rings (SSSR count). The van der Waals surface area contributed by atoms with E-state index in [-0.39, 0.29) is 11.9 Å². The van der Waals surface area contributed by atoms with Crippen LogP contribution in [0.3, 0.4) is 0 Å². The fourth-order valence-corrected chi connectivity index (χ4v) is 2.90. The maximum Gasteiger partial charge on any atom is 0.249 e. The highest BCUT2D eigenvalue weighted by atomic mass is 16.5. The van der Waals surface area contributed by atoms with Crippen molar-refractivity contribution in [3.63, 3.8) is 0 Å². The summed E-state index contributed by atoms with van der Waals surface area (Å²) in [5.74, 6) is 1.05. The zero-order valence-electron chi connectivity index (χ0n) is 13.9. The summed E-state index contributed by atoms with van der Waals surface area (Å²) in [5.41, 5.74) is 1.84. The molecule has 0 aromatic carbocycles. The van der Waals surface area contributed by atoms with Gasteiger partial charge >= 0.3 is 0 Å². The smallest absolute Gasteiger partial charge is 0.249 e. The first-order chi connectivity index (χ1) is 12.2. The number of hydrogen-bond donors (Lipinski definition) is 0. The minimum atomic E-state index is -0.135. The van der Waals surface area contributed by atoms with E-state index in [4.69, 9.17) is 4.52 Å². The zero-order chi connectivity index (χ0) is 17.2. The molecular formula is C17H18N6O2. The van der Waals surface area contributed by atoms with Gasteiger partial charge in [0.2, 0.25) is 17.6 Å². The predicted octanol–water partition coefficient (Wildman–Crippen LogP) is 2.00. The van der Waals surface area contributed by atoms with Crippen molar-refractivity contribution in [2.45, 2.75) is 32.4 Å². The summed E-state index contributed by atoms with van der Waals surface area (Å²) in [7, 11) is 0. The Morgan fingerprint density at radius 1 is 1.36 bits per heavy atom. The Balaban J connectivity index is 1.41. The monoisotopic (exact) mass is 338 g/mol. The van der Waals surface area contributed by atoms with E-state index in [1.165, 1.54) is 0 Å². The van der Waals surface area contributed by atoms with Gasteiger partial charge in [0.1, 0.15) is 6.04 Å². The topological polar surface area (TPSA) is 89.9 Å². The van der Waals surface area contributed by atoms with Crippen LogP contribution in [0.25, 0.3) is 11.4 Å². The Morgan fingerprint density at radius 2 is 2.28 bits per heavy atom. The number of aryl methyl sites for hydroxylation is 2. The summed E-state index contributed by atoms with van der Waals surface area (Å²) in [6.07, 6.45) is 6.36. The van der Waals surface area contributed by atoms with E-state index in [1.807, 2.05) is 29.8 Å². The molecule has 1 amide bonds. The minimum Gasteiger partial charge on any atom is -0.337 e. The molecule has 0 unspecified atom stereocenters. The maximum absolute atomic E-state index is 12.5. The molecule has 3 aromatic heterocycles. The Kier molecular flexibility index (Phi) is 4.01. The number of carbonyl (C=O) groups is 1. The molecule has 8 nitrogen and oxygen atoms in total. The van der Waals surface area contributed by atoms with Crippen LogP contribution >= 0.6 is 0 Å². The number of aromatic nitrogens is 5. The number of amides is 1. The van der Waals surface area contributed by atoms with Crippen molar-refractivity contribution in [2.24, 2.45) is 0 Å². The van der Waals surface area contributed by atoms with Crippen LogP contribution in [0.5, 0.6) is 0 Å². The lowest BCUT2D eigenvalue weighted by atomic mass is 10.0. The van der Waals surface area contributed by atoms with E-state index >= 15 is 0 Å². The van der Waals surface area contributed by atoms with Crippen LogP contribution in [0.15, 0.2) is 41.3 Å².